The van der Waals surface area contributed by atoms with Crippen LogP contribution in [0.5, 0.6) is 0 Å². The maximum atomic E-state index is 12.5. The van der Waals surface area contributed by atoms with E-state index in [9.17, 15) is 20.1 Å². The Bertz CT molecular complexity index is 978. The summed E-state index contributed by atoms with van der Waals surface area (Å²) < 4.78 is 0. The third kappa shape index (κ3) is 49.8. The summed E-state index contributed by atoms with van der Waals surface area (Å²) in [5.41, 5.74) is 0. The first kappa shape index (κ1) is 61.6. The van der Waals surface area contributed by atoms with Gasteiger partial charge in [0.1, 0.15) is 0 Å². The lowest BCUT2D eigenvalue weighted by Gasteiger charge is -2.21. The molecule has 0 heterocycles. The SMILES string of the molecule is CCCCCCCCCCCCCC/C=C\CCCCCCCCCCCCC(O)CC(=O)NC(CO)C(O)/C=C/CC/C=C/CCCCCCCCCCCCCCCCCC. The number of amides is 1. The zero-order chi connectivity index (χ0) is 45.8. The van der Waals surface area contributed by atoms with Crippen LogP contribution in [0.2, 0.25) is 0 Å². The van der Waals surface area contributed by atoms with Crippen LogP contribution >= 0.6 is 0 Å². The predicted molar refractivity (Wildman–Crippen MR) is 278 cm³/mol. The molecule has 3 atom stereocenters. The van der Waals surface area contributed by atoms with Crippen molar-refractivity contribution in [1.82, 2.24) is 5.32 Å². The highest BCUT2D eigenvalue weighted by atomic mass is 16.3. The Labute approximate surface area is 394 Å². The van der Waals surface area contributed by atoms with Crippen molar-refractivity contribution in [2.75, 3.05) is 6.61 Å². The lowest BCUT2D eigenvalue weighted by Crippen LogP contribution is -2.45. The summed E-state index contributed by atoms with van der Waals surface area (Å²) in [6.45, 7) is 4.24. The van der Waals surface area contributed by atoms with E-state index < -0.39 is 18.2 Å². The zero-order valence-electron chi connectivity index (χ0n) is 42.5. The average Bonchev–Trinajstić information content (AvgIpc) is 3.28. The fourth-order valence-electron chi connectivity index (χ4n) is 8.82. The molecule has 0 aliphatic carbocycles. The van der Waals surface area contributed by atoms with Crippen LogP contribution in [-0.2, 0) is 4.79 Å². The highest BCUT2D eigenvalue weighted by Gasteiger charge is 2.20. The van der Waals surface area contributed by atoms with Gasteiger partial charge in [-0.3, -0.25) is 4.79 Å². The number of aliphatic hydroxyl groups is 3. The van der Waals surface area contributed by atoms with Crippen LogP contribution in [-0.4, -0.2) is 46.1 Å². The van der Waals surface area contributed by atoms with Gasteiger partial charge < -0.3 is 20.6 Å². The van der Waals surface area contributed by atoms with E-state index in [-0.39, 0.29) is 18.9 Å². The fourth-order valence-corrected chi connectivity index (χ4v) is 8.82. The van der Waals surface area contributed by atoms with Gasteiger partial charge in [0.15, 0.2) is 0 Å². The molecule has 0 aromatic heterocycles. The number of rotatable bonds is 52. The van der Waals surface area contributed by atoms with Crippen molar-refractivity contribution in [3.05, 3.63) is 36.5 Å². The summed E-state index contributed by atoms with van der Waals surface area (Å²) in [4.78, 5) is 12.5. The largest absolute Gasteiger partial charge is 0.394 e. The van der Waals surface area contributed by atoms with Crippen LogP contribution in [0.4, 0.5) is 0 Å². The number of hydrogen-bond donors (Lipinski definition) is 4. The van der Waals surface area contributed by atoms with Crippen molar-refractivity contribution < 1.29 is 20.1 Å². The van der Waals surface area contributed by atoms with Crippen molar-refractivity contribution in [3.63, 3.8) is 0 Å². The third-order valence-electron chi connectivity index (χ3n) is 13.1. The molecule has 372 valence electrons. The highest BCUT2D eigenvalue weighted by Crippen LogP contribution is 2.17. The van der Waals surface area contributed by atoms with E-state index in [0.717, 1.165) is 32.1 Å². The van der Waals surface area contributed by atoms with E-state index >= 15 is 0 Å². The number of carbonyl (C=O) groups is 1. The highest BCUT2D eigenvalue weighted by molar-refractivity contribution is 5.76. The Morgan fingerprint density at radius 1 is 0.397 bits per heavy atom. The van der Waals surface area contributed by atoms with Gasteiger partial charge in [-0.1, -0.05) is 275 Å². The first-order valence-electron chi connectivity index (χ1n) is 28.3. The minimum Gasteiger partial charge on any atom is -0.394 e. The Morgan fingerprint density at radius 3 is 1.02 bits per heavy atom. The van der Waals surface area contributed by atoms with Gasteiger partial charge in [0.2, 0.25) is 5.91 Å². The van der Waals surface area contributed by atoms with Gasteiger partial charge in [-0.15, -0.1) is 0 Å². The zero-order valence-corrected chi connectivity index (χ0v) is 42.5. The summed E-state index contributed by atoms with van der Waals surface area (Å²) in [5.74, 6) is -0.322. The van der Waals surface area contributed by atoms with Gasteiger partial charge in [-0.05, 0) is 57.8 Å². The van der Waals surface area contributed by atoms with E-state index in [1.165, 1.54) is 244 Å². The van der Waals surface area contributed by atoms with Crippen LogP contribution in [0.1, 0.15) is 303 Å². The van der Waals surface area contributed by atoms with Crippen LogP contribution < -0.4 is 5.32 Å². The Balaban J connectivity index is 3.60. The molecule has 4 N–H and O–H groups in total. The van der Waals surface area contributed by atoms with E-state index in [2.05, 4.69) is 43.5 Å². The predicted octanol–water partition coefficient (Wildman–Crippen LogP) is 17.4. The molecule has 0 aromatic carbocycles. The van der Waals surface area contributed by atoms with Crippen molar-refractivity contribution in [2.45, 2.75) is 321 Å². The maximum Gasteiger partial charge on any atom is 0.222 e. The average molecular weight is 887 g/mol. The van der Waals surface area contributed by atoms with E-state index in [1.807, 2.05) is 6.08 Å². The van der Waals surface area contributed by atoms with Crippen LogP contribution in [0.3, 0.4) is 0 Å². The van der Waals surface area contributed by atoms with Gasteiger partial charge in [-0.2, -0.15) is 0 Å². The molecule has 0 rings (SSSR count). The van der Waals surface area contributed by atoms with Gasteiger partial charge in [0.25, 0.3) is 0 Å². The molecule has 3 unspecified atom stereocenters. The Hall–Kier alpha value is -1.43. The molecule has 0 aliphatic rings. The monoisotopic (exact) mass is 886 g/mol. The molecular formula is C58H111NO4. The topological polar surface area (TPSA) is 89.8 Å². The molecule has 0 radical (unpaired) electrons. The summed E-state index contributed by atoms with van der Waals surface area (Å²) in [5, 5.41) is 33.4. The first-order valence-corrected chi connectivity index (χ1v) is 28.3. The summed E-state index contributed by atoms with van der Waals surface area (Å²) >= 11 is 0. The maximum absolute atomic E-state index is 12.5. The van der Waals surface area contributed by atoms with Crippen molar-refractivity contribution >= 4 is 5.91 Å². The minimum absolute atomic E-state index is 0.00631. The normalized spacial score (nSPS) is 13.5. The molecule has 5 nitrogen and oxygen atoms in total. The van der Waals surface area contributed by atoms with Crippen LogP contribution in [0.25, 0.3) is 0 Å². The second-order valence-electron chi connectivity index (χ2n) is 19.5. The molecule has 0 spiro atoms. The standard InChI is InChI=1S/C58H111NO4/c1-3-5-7-9-11-13-15-17-19-21-23-25-27-28-29-30-31-33-35-37-39-41-43-45-47-49-51-55(61)53-58(63)59-56(54-60)57(62)52-50-48-46-44-42-40-38-36-34-32-26-24-22-20-18-16-14-12-10-8-6-4-2/h28-29,42,44,50,52,55-57,60-62H,3-27,30-41,43,45-49,51,53-54H2,1-2H3,(H,59,63)/b29-28-,44-42+,52-50+. The molecule has 0 saturated heterocycles. The molecule has 1 amide bonds. The van der Waals surface area contributed by atoms with Crippen molar-refractivity contribution in [3.8, 4) is 0 Å². The van der Waals surface area contributed by atoms with E-state index in [1.54, 1.807) is 6.08 Å². The number of nitrogens with one attached hydrogen (secondary N) is 1. The number of hydrogen-bond acceptors (Lipinski definition) is 4. The van der Waals surface area contributed by atoms with Gasteiger partial charge >= 0.3 is 0 Å². The van der Waals surface area contributed by atoms with E-state index in [0.29, 0.717) is 6.42 Å². The van der Waals surface area contributed by atoms with Crippen molar-refractivity contribution in [2.24, 2.45) is 0 Å². The molecule has 0 aliphatic heterocycles. The Kier molecular flexibility index (Phi) is 52.0. The lowest BCUT2D eigenvalue weighted by molar-refractivity contribution is -0.124. The number of carbonyl (C=O) groups excluding carboxylic acids is 1. The van der Waals surface area contributed by atoms with Crippen molar-refractivity contribution in [1.29, 1.82) is 0 Å². The number of allylic oxidation sites excluding steroid dienone is 5. The lowest BCUT2D eigenvalue weighted by atomic mass is 10.0. The first-order chi connectivity index (χ1) is 31.0. The smallest absolute Gasteiger partial charge is 0.222 e. The van der Waals surface area contributed by atoms with Gasteiger partial charge in [0, 0.05) is 0 Å². The second kappa shape index (κ2) is 53.2. The fraction of sp³-hybridized carbons (Fsp3) is 0.879. The molecule has 0 fully saturated rings. The third-order valence-corrected chi connectivity index (χ3v) is 13.1. The Morgan fingerprint density at radius 2 is 0.683 bits per heavy atom. The minimum atomic E-state index is -0.953. The number of unbranched alkanes of at least 4 members (excludes halogenated alkanes) is 39. The van der Waals surface area contributed by atoms with Crippen LogP contribution in [0.15, 0.2) is 36.5 Å². The summed E-state index contributed by atoms with van der Waals surface area (Å²) in [7, 11) is 0. The molecule has 0 aromatic rings. The van der Waals surface area contributed by atoms with Gasteiger partial charge in [-0.25, -0.2) is 0 Å². The number of aliphatic hydroxyl groups excluding tert-OH is 3. The molecule has 0 saturated carbocycles. The quantitative estimate of drug-likeness (QED) is 0.0362. The van der Waals surface area contributed by atoms with Gasteiger partial charge in [0.05, 0.1) is 31.3 Å². The summed E-state index contributed by atoms with van der Waals surface area (Å²) in [6.07, 6.45) is 69.1. The van der Waals surface area contributed by atoms with E-state index in [4.69, 9.17) is 0 Å². The van der Waals surface area contributed by atoms with Crippen LogP contribution in [0, 0.1) is 0 Å². The molecular weight excluding hydrogens is 775 g/mol. The molecule has 63 heavy (non-hydrogen) atoms. The molecule has 5 heteroatoms. The summed E-state index contributed by atoms with van der Waals surface area (Å²) in [6, 6.07) is -0.762. The second-order valence-corrected chi connectivity index (χ2v) is 19.5. The molecule has 0 bridgehead atoms.